The van der Waals surface area contributed by atoms with E-state index in [0.29, 0.717) is 6.42 Å². The van der Waals surface area contributed by atoms with Crippen LogP contribution in [0.3, 0.4) is 0 Å². The fraction of sp³-hybridized carbons (Fsp3) is 0.429. The third-order valence-corrected chi connectivity index (χ3v) is 4.04. The third-order valence-electron chi connectivity index (χ3n) is 3.43. The Kier molecular flexibility index (Phi) is 5.05. The number of rotatable bonds is 5. The summed E-state index contributed by atoms with van der Waals surface area (Å²) < 4.78 is 29.0. The van der Waals surface area contributed by atoms with Crippen molar-refractivity contribution in [1.29, 1.82) is 0 Å². The van der Waals surface area contributed by atoms with Gasteiger partial charge in [-0.1, -0.05) is 19.1 Å². The SMILES string of the molecule is CCc1c(C(CC)NC)nnn1-c1cc(Br)c(F)cc1F. The summed E-state index contributed by atoms with van der Waals surface area (Å²) in [5.41, 5.74) is 1.79. The van der Waals surface area contributed by atoms with Crippen LogP contribution in [0.5, 0.6) is 0 Å². The molecule has 21 heavy (non-hydrogen) atoms. The molecular formula is C14H17BrF2N4. The monoisotopic (exact) mass is 358 g/mol. The summed E-state index contributed by atoms with van der Waals surface area (Å²) >= 11 is 3.07. The van der Waals surface area contributed by atoms with Crippen LogP contribution < -0.4 is 5.32 Å². The maximum atomic E-state index is 14.0. The highest BCUT2D eigenvalue weighted by atomic mass is 79.9. The van der Waals surface area contributed by atoms with Gasteiger partial charge in [-0.3, -0.25) is 0 Å². The fourth-order valence-corrected chi connectivity index (χ4v) is 2.65. The molecule has 7 heteroatoms. The molecule has 0 aliphatic heterocycles. The first-order valence-corrected chi connectivity index (χ1v) is 7.59. The molecule has 1 heterocycles. The predicted octanol–water partition coefficient (Wildman–Crippen LogP) is 3.54. The molecule has 0 aliphatic rings. The summed E-state index contributed by atoms with van der Waals surface area (Å²) in [6.45, 7) is 3.99. The van der Waals surface area contributed by atoms with Crippen LogP contribution >= 0.6 is 15.9 Å². The van der Waals surface area contributed by atoms with E-state index in [1.54, 1.807) is 0 Å². The topological polar surface area (TPSA) is 42.7 Å². The van der Waals surface area contributed by atoms with Crippen molar-refractivity contribution < 1.29 is 8.78 Å². The Labute approximate surface area is 130 Å². The second-order valence-corrected chi connectivity index (χ2v) is 5.51. The van der Waals surface area contributed by atoms with E-state index in [1.165, 1.54) is 10.7 Å². The van der Waals surface area contributed by atoms with E-state index in [-0.39, 0.29) is 16.2 Å². The minimum atomic E-state index is -0.667. The van der Waals surface area contributed by atoms with Crippen LogP contribution in [-0.2, 0) is 6.42 Å². The van der Waals surface area contributed by atoms with Gasteiger partial charge in [0.25, 0.3) is 0 Å². The lowest BCUT2D eigenvalue weighted by atomic mass is 10.1. The van der Waals surface area contributed by atoms with Crippen molar-refractivity contribution in [2.75, 3.05) is 7.05 Å². The molecule has 114 valence electrons. The Balaban J connectivity index is 2.58. The summed E-state index contributed by atoms with van der Waals surface area (Å²) in [5.74, 6) is -1.31. The zero-order valence-corrected chi connectivity index (χ0v) is 13.7. The van der Waals surface area contributed by atoms with Crippen molar-refractivity contribution >= 4 is 15.9 Å². The van der Waals surface area contributed by atoms with Crippen molar-refractivity contribution in [3.8, 4) is 5.69 Å². The average molecular weight is 359 g/mol. The standard InChI is InChI=1S/C14H17BrF2N4/c1-4-11(18-3)14-12(5-2)21(20-19-14)13-6-8(15)9(16)7-10(13)17/h6-7,11,18H,4-5H2,1-3H3. The molecule has 2 rings (SSSR count). The van der Waals surface area contributed by atoms with E-state index in [4.69, 9.17) is 0 Å². The Morgan fingerprint density at radius 2 is 2.00 bits per heavy atom. The number of nitrogens with zero attached hydrogens (tertiary/aromatic N) is 3. The van der Waals surface area contributed by atoms with Gasteiger partial charge in [-0.15, -0.1) is 5.10 Å². The molecule has 0 bridgehead atoms. The first-order chi connectivity index (χ1) is 10.0. The van der Waals surface area contributed by atoms with Crippen molar-refractivity contribution in [1.82, 2.24) is 20.3 Å². The molecule has 2 aromatic rings. The van der Waals surface area contributed by atoms with Crippen LogP contribution in [0.4, 0.5) is 8.78 Å². The Morgan fingerprint density at radius 3 is 2.57 bits per heavy atom. The van der Waals surface area contributed by atoms with Gasteiger partial charge in [0.05, 0.1) is 16.2 Å². The van der Waals surface area contributed by atoms with Gasteiger partial charge in [-0.05, 0) is 41.9 Å². The van der Waals surface area contributed by atoms with E-state index in [9.17, 15) is 8.78 Å². The Bertz CT molecular complexity index is 638. The van der Waals surface area contributed by atoms with Crippen LogP contribution in [0, 0.1) is 11.6 Å². The van der Waals surface area contributed by atoms with E-state index >= 15 is 0 Å². The van der Waals surface area contributed by atoms with Crippen LogP contribution in [-0.4, -0.2) is 22.0 Å². The number of aromatic nitrogens is 3. The zero-order valence-electron chi connectivity index (χ0n) is 12.1. The summed E-state index contributed by atoms with van der Waals surface area (Å²) in [5, 5.41) is 11.4. The van der Waals surface area contributed by atoms with Crippen LogP contribution in [0.25, 0.3) is 5.69 Å². The molecule has 0 amide bonds. The van der Waals surface area contributed by atoms with E-state index in [2.05, 4.69) is 31.6 Å². The van der Waals surface area contributed by atoms with Gasteiger partial charge in [-0.25, -0.2) is 13.5 Å². The normalized spacial score (nSPS) is 12.7. The molecule has 0 fully saturated rings. The minimum absolute atomic E-state index is 0.0562. The summed E-state index contributed by atoms with van der Waals surface area (Å²) in [6, 6.07) is 2.28. The van der Waals surface area contributed by atoms with E-state index in [0.717, 1.165) is 23.9 Å². The second-order valence-electron chi connectivity index (χ2n) is 4.65. The molecule has 1 unspecified atom stereocenters. The second kappa shape index (κ2) is 6.62. The van der Waals surface area contributed by atoms with Gasteiger partial charge >= 0.3 is 0 Å². The van der Waals surface area contributed by atoms with E-state index in [1.807, 2.05) is 20.9 Å². The molecule has 1 atom stereocenters. The Hall–Kier alpha value is -1.34. The average Bonchev–Trinajstić information content (AvgIpc) is 2.88. The summed E-state index contributed by atoms with van der Waals surface area (Å²) in [7, 11) is 1.85. The van der Waals surface area contributed by atoms with Crippen molar-refractivity contribution in [2.24, 2.45) is 0 Å². The zero-order chi connectivity index (χ0) is 15.6. The maximum absolute atomic E-state index is 14.0. The molecule has 4 nitrogen and oxygen atoms in total. The maximum Gasteiger partial charge on any atom is 0.151 e. The van der Waals surface area contributed by atoms with Crippen LogP contribution in [0.2, 0.25) is 0 Å². The highest BCUT2D eigenvalue weighted by Crippen LogP contribution is 2.26. The van der Waals surface area contributed by atoms with Crippen LogP contribution in [0.15, 0.2) is 16.6 Å². The first-order valence-electron chi connectivity index (χ1n) is 6.80. The molecule has 0 aliphatic carbocycles. The molecule has 1 aromatic carbocycles. The number of benzene rings is 1. The predicted molar refractivity (Wildman–Crippen MR) is 80.4 cm³/mol. The smallest absolute Gasteiger partial charge is 0.151 e. The lowest BCUT2D eigenvalue weighted by Gasteiger charge is -2.13. The van der Waals surface area contributed by atoms with E-state index < -0.39 is 11.6 Å². The fourth-order valence-electron chi connectivity index (χ4n) is 2.32. The van der Waals surface area contributed by atoms with Gasteiger partial charge in [0.2, 0.25) is 0 Å². The van der Waals surface area contributed by atoms with Gasteiger partial charge in [0, 0.05) is 6.07 Å². The quantitative estimate of drug-likeness (QED) is 0.831. The molecule has 0 spiro atoms. The van der Waals surface area contributed by atoms with Crippen molar-refractivity contribution in [3.63, 3.8) is 0 Å². The highest BCUT2D eigenvalue weighted by Gasteiger charge is 2.21. The van der Waals surface area contributed by atoms with Gasteiger partial charge in [-0.2, -0.15) is 0 Å². The molecule has 0 radical (unpaired) electrons. The highest BCUT2D eigenvalue weighted by molar-refractivity contribution is 9.10. The lowest BCUT2D eigenvalue weighted by molar-refractivity contribution is 0.555. The first kappa shape index (κ1) is 16.0. The van der Waals surface area contributed by atoms with Gasteiger partial charge < -0.3 is 5.32 Å². The minimum Gasteiger partial charge on any atom is -0.312 e. The lowest BCUT2D eigenvalue weighted by Crippen LogP contribution is -2.17. The summed E-state index contributed by atoms with van der Waals surface area (Å²) in [4.78, 5) is 0. The third kappa shape index (κ3) is 2.98. The molecule has 0 saturated heterocycles. The number of halogens is 3. The number of hydrogen-bond acceptors (Lipinski definition) is 3. The molecular weight excluding hydrogens is 342 g/mol. The van der Waals surface area contributed by atoms with Crippen molar-refractivity contribution in [2.45, 2.75) is 32.7 Å². The van der Waals surface area contributed by atoms with Crippen LogP contribution in [0.1, 0.15) is 37.7 Å². The van der Waals surface area contributed by atoms with Crippen molar-refractivity contribution in [3.05, 3.63) is 39.6 Å². The number of hydrogen-bond donors (Lipinski definition) is 1. The molecule has 1 N–H and O–H groups in total. The van der Waals surface area contributed by atoms with Gasteiger partial charge in [0.15, 0.2) is 5.82 Å². The summed E-state index contributed by atoms with van der Waals surface area (Å²) in [6.07, 6.45) is 1.49. The molecule has 0 saturated carbocycles. The van der Waals surface area contributed by atoms with Gasteiger partial charge in [0.1, 0.15) is 17.2 Å². The Morgan fingerprint density at radius 1 is 1.29 bits per heavy atom. The number of nitrogens with one attached hydrogen (secondary N) is 1. The largest absolute Gasteiger partial charge is 0.312 e. The molecule has 1 aromatic heterocycles.